The molecular formula is C39H64O5. The molecule has 0 bridgehead atoms. The molecule has 0 aliphatic rings. The number of hydrogen-bond acceptors (Lipinski definition) is 3. The van der Waals surface area contributed by atoms with Crippen LogP contribution in [0.4, 0.5) is 0 Å². The summed E-state index contributed by atoms with van der Waals surface area (Å²) in [6, 6.07) is 0. The van der Waals surface area contributed by atoms with Gasteiger partial charge >= 0.3 is 11.9 Å². The second kappa shape index (κ2) is 31.8. The molecule has 0 fully saturated rings. The summed E-state index contributed by atoms with van der Waals surface area (Å²) in [5, 5.41) is 29.6. The first-order valence-electron chi connectivity index (χ1n) is 17.4. The smallest absolute Gasteiger partial charge is 0.306 e. The van der Waals surface area contributed by atoms with Gasteiger partial charge in [-0.25, -0.2) is 0 Å². The summed E-state index contributed by atoms with van der Waals surface area (Å²) in [4.78, 5) is 24.0. The lowest BCUT2D eigenvalue weighted by Gasteiger charge is -2.25. The molecule has 0 aliphatic carbocycles. The van der Waals surface area contributed by atoms with Crippen molar-refractivity contribution in [3.05, 3.63) is 72.9 Å². The third-order valence-electron chi connectivity index (χ3n) is 7.93. The number of carbonyl (C=O) groups is 2. The van der Waals surface area contributed by atoms with Gasteiger partial charge in [0.05, 0.1) is 11.8 Å². The zero-order valence-electron chi connectivity index (χ0n) is 28.0. The standard InChI is InChI=1S/C39H64O5/c1-3-5-7-9-11-13-15-17-19-21-23-25-27-29-31-35(38(41)42)33-36(34-40)37(39(43)44)32-30-28-26-24-22-20-18-16-14-12-10-8-6-4-2/h5-8,11-14,17-20,35-37,40H,3-4,9-10,15-16,21-34H2,1-2H3,(H,41,42)(H,43,44)/b7-5-,8-6-,13-11-,14-12-,19-17-,20-18-. The van der Waals surface area contributed by atoms with Crippen molar-refractivity contribution < 1.29 is 24.9 Å². The van der Waals surface area contributed by atoms with Crippen LogP contribution >= 0.6 is 0 Å². The van der Waals surface area contributed by atoms with Crippen LogP contribution < -0.4 is 0 Å². The van der Waals surface area contributed by atoms with Gasteiger partial charge in [-0.05, 0) is 89.4 Å². The van der Waals surface area contributed by atoms with Crippen LogP contribution in [0.25, 0.3) is 0 Å². The van der Waals surface area contributed by atoms with Crippen molar-refractivity contribution in [3.63, 3.8) is 0 Å². The molecule has 0 saturated heterocycles. The summed E-state index contributed by atoms with van der Waals surface area (Å²) in [6.07, 6.45) is 43.4. The minimum Gasteiger partial charge on any atom is -0.481 e. The van der Waals surface area contributed by atoms with E-state index in [-0.39, 0.29) is 13.0 Å². The molecule has 0 aliphatic heterocycles. The fraction of sp³-hybridized carbons (Fsp3) is 0.641. The SMILES string of the molecule is CC/C=C\C/C=C\C/C=C\CCCCCCC(CC(CO)C(CCCCCC/C=C\C/C=C\C/C=C\CC)C(=O)O)C(=O)O. The number of carboxylic acid groups (broad SMARTS) is 2. The predicted molar refractivity (Wildman–Crippen MR) is 187 cm³/mol. The molecule has 0 radical (unpaired) electrons. The number of aliphatic hydroxyl groups excluding tert-OH is 1. The molecule has 3 atom stereocenters. The summed E-state index contributed by atoms with van der Waals surface area (Å²) < 4.78 is 0. The normalized spacial score (nSPS) is 14.7. The van der Waals surface area contributed by atoms with Crippen molar-refractivity contribution in [1.29, 1.82) is 0 Å². The fourth-order valence-corrected chi connectivity index (χ4v) is 5.27. The van der Waals surface area contributed by atoms with Crippen LogP contribution in [-0.4, -0.2) is 33.9 Å². The van der Waals surface area contributed by atoms with Gasteiger partial charge in [0, 0.05) is 6.61 Å². The average molecular weight is 613 g/mol. The van der Waals surface area contributed by atoms with Crippen LogP contribution in [0.1, 0.15) is 136 Å². The maximum absolute atomic E-state index is 12.0. The molecule has 250 valence electrons. The van der Waals surface area contributed by atoms with E-state index in [9.17, 15) is 24.9 Å². The van der Waals surface area contributed by atoms with Crippen molar-refractivity contribution in [2.24, 2.45) is 17.8 Å². The van der Waals surface area contributed by atoms with Crippen molar-refractivity contribution in [1.82, 2.24) is 0 Å². The minimum absolute atomic E-state index is 0.224. The number of rotatable bonds is 30. The van der Waals surface area contributed by atoms with Crippen molar-refractivity contribution >= 4 is 11.9 Å². The molecule has 0 aromatic heterocycles. The van der Waals surface area contributed by atoms with E-state index < -0.39 is 29.7 Å². The van der Waals surface area contributed by atoms with E-state index in [0.29, 0.717) is 12.8 Å². The molecule has 5 nitrogen and oxygen atoms in total. The Morgan fingerprint density at radius 3 is 1.34 bits per heavy atom. The first kappa shape index (κ1) is 41.3. The highest BCUT2D eigenvalue weighted by molar-refractivity contribution is 5.71. The first-order chi connectivity index (χ1) is 21.5. The second-order valence-electron chi connectivity index (χ2n) is 11.7. The maximum atomic E-state index is 12.0. The number of unbranched alkanes of at least 4 members (excludes halogenated alkanes) is 8. The molecule has 44 heavy (non-hydrogen) atoms. The average Bonchev–Trinajstić information content (AvgIpc) is 3.01. The predicted octanol–water partition coefficient (Wildman–Crippen LogP) is 10.8. The fourth-order valence-electron chi connectivity index (χ4n) is 5.27. The van der Waals surface area contributed by atoms with Crippen molar-refractivity contribution in [2.75, 3.05) is 6.61 Å². The summed E-state index contributed by atoms with van der Waals surface area (Å²) in [6.45, 7) is 3.98. The van der Waals surface area contributed by atoms with Gasteiger partial charge in [0.1, 0.15) is 0 Å². The van der Waals surface area contributed by atoms with E-state index in [1.54, 1.807) is 0 Å². The van der Waals surface area contributed by atoms with Crippen LogP contribution in [0.2, 0.25) is 0 Å². The van der Waals surface area contributed by atoms with E-state index in [2.05, 4.69) is 86.8 Å². The van der Waals surface area contributed by atoms with Crippen molar-refractivity contribution in [2.45, 2.75) is 136 Å². The Hall–Kier alpha value is -2.66. The van der Waals surface area contributed by atoms with Crippen LogP contribution in [0, 0.1) is 17.8 Å². The molecule has 5 heteroatoms. The minimum atomic E-state index is -0.925. The molecule has 0 aromatic rings. The van der Waals surface area contributed by atoms with Crippen LogP contribution in [0.5, 0.6) is 0 Å². The third-order valence-corrected chi connectivity index (χ3v) is 7.93. The Kier molecular flexibility index (Phi) is 29.8. The highest BCUT2D eigenvalue weighted by Gasteiger charge is 2.31. The molecule has 0 amide bonds. The molecule has 3 unspecified atom stereocenters. The van der Waals surface area contributed by atoms with Gasteiger partial charge in [-0.3, -0.25) is 9.59 Å². The molecule has 0 aromatic carbocycles. The molecule has 0 saturated carbocycles. The lowest BCUT2D eigenvalue weighted by Crippen LogP contribution is -2.30. The van der Waals surface area contributed by atoms with Crippen LogP contribution in [-0.2, 0) is 9.59 Å². The highest BCUT2D eigenvalue weighted by atomic mass is 16.4. The molecule has 0 heterocycles. The summed E-state index contributed by atoms with van der Waals surface area (Å²) >= 11 is 0. The van der Waals surface area contributed by atoms with Gasteiger partial charge in [0.25, 0.3) is 0 Å². The molecule has 3 N–H and O–H groups in total. The summed E-state index contributed by atoms with van der Waals surface area (Å²) in [5.74, 6) is -3.64. The van der Waals surface area contributed by atoms with E-state index >= 15 is 0 Å². The summed E-state index contributed by atoms with van der Waals surface area (Å²) in [5.41, 5.74) is 0. The third kappa shape index (κ3) is 25.8. The zero-order valence-corrected chi connectivity index (χ0v) is 28.0. The highest BCUT2D eigenvalue weighted by Crippen LogP contribution is 2.29. The monoisotopic (exact) mass is 612 g/mol. The van der Waals surface area contributed by atoms with E-state index in [0.717, 1.165) is 103 Å². The lowest BCUT2D eigenvalue weighted by atomic mass is 9.80. The van der Waals surface area contributed by atoms with Gasteiger partial charge in [0.2, 0.25) is 0 Å². The van der Waals surface area contributed by atoms with Crippen molar-refractivity contribution in [3.8, 4) is 0 Å². The lowest BCUT2D eigenvalue weighted by molar-refractivity contribution is -0.148. The number of aliphatic hydroxyl groups is 1. The Bertz CT molecular complexity index is 864. The zero-order chi connectivity index (χ0) is 32.5. The Morgan fingerprint density at radius 1 is 0.523 bits per heavy atom. The quantitative estimate of drug-likeness (QED) is 0.0554. The van der Waals surface area contributed by atoms with Gasteiger partial charge in [-0.15, -0.1) is 0 Å². The van der Waals surface area contributed by atoms with E-state index in [1.165, 1.54) is 0 Å². The number of hydrogen-bond donors (Lipinski definition) is 3. The Balaban J connectivity index is 4.27. The maximum Gasteiger partial charge on any atom is 0.306 e. The molecular weight excluding hydrogens is 548 g/mol. The van der Waals surface area contributed by atoms with Crippen LogP contribution in [0.15, 0.2) is 72.9 Å². The van der Waals surface area contributed by atoms with Gasteiger partial charge in [-0.1, -0.05) is 125 Å². The Labute approximate surface area is 269 Å². The summed E-state index contributed by atoms with van der Waals surface area (Å²) in [7, 11) is 0. The Morgan fingerprint density at radius 2 is 0.932 bits per heavy atom. The topological polar surface area (TPSA) is 94.8 Å². The molecule has 0 spiro atoms. The van der Waals surface area contributed by atoms with Gasteiger partial charge in [0.15, 0.2) is 0 Å². The second-order valence-corrected chi connectivity index (χ2v) is 11.7. The number of aliphatic carboxylic acids is 2. The number of carboxylic acids is 2. The largest absolute Gasteiger partial charge is 0.481 e. The van der Waals surface area contributed by atoms with Gasteiger partial charge in [-0.2, -0.15) is 0 Å². The van der Waals surface area contributed by atoms with E-state index in [4.69, 9.17) is 0 Å². The molecule has 0 rings (SSSR count). The number of allylic oxidation sites excluding steroid dienone is 12. The van der Waals surface area contributed by atoms with Crippen LogP contribution in [0.3, 0.4) is 0 Å². The van der Waals surface area contributed by atoms with Gasteiger partial charge < -0.3 is 15.3 Å². The first-order valence-corrected chi connectivity index (χ1v) is 17.4. The van der Waals surface area contributed by atoms with E-state index in [1.807, 2.05) is 0 Å².